The third kappa shape index (κ3) is 3.69. The van der Waals surface area contributed by atoms with E-state index in [9.17, 15) is 0 Å². The van der Waals surface area contributed by atoms with E-state index in [4.69, 9.17) is 5.73 Å². The summed E-state index contributed by atoms with van der Waals surface area (Å²) in [6.07, 6.45) is 1.09. The zero-order valence-corrected chi connectivity index (χ0v) is 12.4. The first-order valence-corrected chi connectivity index (χ1v) is 7.27. The zero-order chi connectivity index (χ0) is 14.4. The Kier molecular flexibility index (Phi) is 5.33. The summed E-state index contributed by atoms with van der Waals surface area (Å²) >= 11 is 0. The van der Waals surface area contributed by atoms with Gasteiger partial charge in [-0.1, -0.05) is 61.5 Å². The minimum atomic E-state index is 0.266. The molecule has 106 valence electrons. The van der Waals surface area contributed by atoms with Gasteiger partial charge in [0.25, 0.3) is 0 Å². The molecule has 0 fully saturated rings. The fourth-order valence-electron chi connectivity index (χ4n) is 2.52. The van der Waals surface area contributed by atoms with Crippen LogP contribution in [-0.2, 0) is 13.0 Å². The fourth-order valence-corrected chi connectivity index (χ4v) is 2.52. The Balaban J connectivity index is 2.07. The summed E-state index contributed by atoms with van der Waals surface area (Å²) < 4.78 is 0. The maximum Gasteiger partial charge on any atom is 0.0470 e. The van der Waals surface area contributed by atoms with Crippen LogP contribution in [0.1, 0.15) is 29.7 Å². The molecule has 2 aromatic rings. The second-order valence-corrected chi connectivity index (χ2v) is 5.25. The molecule has 0 bridgehead atoms. The first-order chi connectivity index (χ1) is 9.74. The van der Waals surface area contributed by atoms with E-state index in [-0.39, 0.29) is 6.04 Å². The zero-order valence-electron chi connectivity index (χ0n) is 12.4. The molecule has 0 amide bonds. The molecule has 0 saturated carbocycles. The first kappa shape index (κ1) is 14.8. The van der Waals surface area contributed by atoms with E-state index in [1.165, 1.54) is 16.7 Å². The number of aryl methyl sites for hydroxylation is 1. The van der Waals surface area contributed by atoms with Gasteiger partial charge < -0.3 is 5.73 Å². The lowest BCUT2D eigenvalue weighted by molar-refractivity contribution is 0.242. The monoisotopic (exact) mass is 268 g/mol. The summed E-state index contributed by atoms with van der Waals surface area (Å²) in [6, 6.07) is 19.6. The SMILES string of the molecule is CCc1ccc(CN(C)C(CN)c2ccccc2)cc1. The highest BCUT2D eigenvalue weighted by Crippen LogP contribution is 2.20. The third-order valence-corrected chi connectivity index (χ3v) is 3.80. The van der Waals surface area contributed by atoms with Crippen LogP contribution in [0.5, 0.6) is 0 Å². The number of nitrogens with zero attached hydrogens (tertiary/aromatic N) is 1. The van der Waals surface area contributed by atoms with Gasteiger partial charge in [-0.05, 0) is 30.2 Å². The van der Waals surface area contributed by atoms with Gasteiger partial charge >= 0.3 is 0 Å². The Bertz CT molecular complexity index is 505. The lowest BCUT2D eigenvalue weighted by atomic mass is 10.0. The second kappa shape index (κ2) is 7.22. The number of likely N-dealkylation sites (N-methyl/N-ethyl adjacent to an activating group) is 1. The second-order valence-electron chi connectivity index (χ2n) is 5.25. The first-order valence-electron chi connectivity index (χ1n) is 7.27. The van der Waals surface area contributed by atoms with Crippen molar-refractivity contribution in [2.24, 2.45) is 5.73 Å². The van der Waals surface area contributed by atoms with Crippen molar-refractivity contribution >= 4 is 0 Å². The topological polar surface area (TPSA) is 29.3 Å². The van der Waals surface area contributed by atoms with E-state index in [0.29, 0.717) is 6.54 Å². The van der Waals surface area contributed by atoms with E-state index in [1.807, 2.05) is 6.07 Å². The quantitative estimate of drug-likeness (QED) is 0.870. The van der Waals surface area contributed by atoms with Crippen molar-refractivity contribution in [2.45, 2.75) is 25.9 Å². The number of hydrogen-bond acceptors (Lipinski definition) is 2. The molecule has 2 nitrogen and oxygen atoms in total. The van der Waals surface area contributed by atoms with Gasteiger partial charge in [-0.15, -0.1) is 0 Å². The molecule has 20 heavy (non-hydrogen) atoms. The minimum Gasteiger partial charge on any atom is -0.329 e. The third-order valence-electron chi connectivity index (χ3n) is 3.80. The summed E-state index contributed by atoms with van der Waals surface area (Å²) in [4.78, 5) is 2.32. The van der Waals surface area contributed by atoms with Crippen LogP contribution in [0.4, 0.5) is 0 Å². The lowest BCUT2D eigenvalue weighted by Gasteiger charge is -2.27. The highest BCUT2D eigenvalue weighted by molar-refractivity contribution is 5.23. The Morgan fingerprint density at radius 3 is 2.10 bits per heavy atom. The summed E-state index contributed by atoms with van der Waals surface area (Å²) in [7, 11) is 2.14. The smallest absolute Gasteiger partial charge is 0.0470 e. The van der Waals surface area contributed by atoms with Gasteiger partial charge in [0.2, 0.25) is 0 Å². The van der Waals surface area contributed by atoms with Gasteiger partial charge in [-0.3, -0.25) is 4.90 Å². The van der Waals surface area contributed by atoms with Gasteiger partial charge in [-0.2, -0.15) is 0 Å². The van der Waals surface area contributed by atoms with Crippen LogP contribution in [0.15, 0.2) is 54.6 Å². The molecule has 0 aromatic heterocycles. The normalized spacial score (nSPS) is 12.6. The van der Waals surface area contributed by atoms with Gasteiger partial charge in [-0.25, -0.2) is 0 Å². The molecular weight excluding hydrogens is 244 g/mol. The maximum absolute atomic E-state index is 5.96. The van der Waals surface area contributed by atoms with Crippen molar-refractivity contribution < 1.29 is 0 Å². The molecule has 1 unspecified atom stereocenters. The van der Waals surface area contributed by atoms with Crippen LogP contribution in [-0.4, -0.2) is 18.5 Å². The fraction of sp³-hybridized carbons (Fsp3) is 0.333. The number of nitrogens with two attached hydrogens (primary N) is 1. The molecule has 0 aliphatic carbocycles. The van der Waals surface area contributed by atoms with Gasteiger partial charge in [0.1, 0.15) is 0 Å². The summed E-state index contributed by atoms with van der Waals surface area (Å²) in [5.41, 5.74) is 9.96. The van der Waals surface area contributed by atoms with E-state index in [2.05, 4.69) is 67.4 Å². The Morgan fingerprint density at radius 2 is 1.55 bits per heavy atom. The van der Waals surface area contributed by atoms with Crippen molar-refractivity contribution in [3.8, 4) is 0 Å². The predicted octanol–water partition coefficient (Wildman–Crippen LogP) is 3.38. The summed E-state index contributed by atoms with van der Waals surface area (Å²) in [6.45, 7) is 3.73. The number of hydrogen-bond donors (Lipinski definition) is 1. The van der Waals surface area contributed by atoms with Gasteiger partial charge in [0.05, 0.1) is 0 Å². The molecular formula is C18H24N2. The highest BCUT2D eigenvalue weighted by Gasteiger charge is 2.15. The van der Waals surface area contributed by atoms with Crippen molar-refractivity contribution in [1.82, 2.24) is 4.90 Å². The molecule has 0 saturated heterocycles. The van der Waals surface area contributed by atoms with Crippen LogP contribution >= 0.6 is 0 Å². The number of benzene rings is 2. The van der Waals surface area contributed by atoms with E-state index < -0.39 is 0 Å². The van der Waals surface area contributed by atoms with Gasteiger partial charge in [0.15, 0.2) is 0 Å². The molecule has 0 radical (unpaired) electrons. The van der Waals surface area contributed by atoms with Crippen LogP contribution < -0.4 is 5.73 Å². The highest BCUT2D eigenvalue weighted by atomic mass is 15.1. The summed E-state index contributed by atoms with van der Waals surface area (Å²) in [5, 5.41) is 0. The van der Waals surface area contributed by atoms with Crippen LogP contribution in [0.2, 0.25) is 0 Å². The van der Waals surface area contributed by atoms with Crippen molar-refractivity contribution in [3.05, 3.63) is 71.3 Å². The van der Waals surface area contributed by atoms with Crippen molar-refractivity contribution in [2.75, 3.05) is 13.6 Å². The molecule has 0 aliphatic heterocycles. The Morgan fingerprint density at radius 1 is 0.950 bits per heavy atom. The standard InChI is InChI=1S/C18H24N2/c1-3-15-9-11-16(12-10-15)14-20(2)18(13-19)17-7-5-4-6-8-17/h4-12,18H,3,13-14,19H2,1-2H3. The predicted molar refractivity (Wildman–Crippen MR) is 85.5 cm³/mol. The van der Waals surface area contributed by atoms with E-state index in [0.717, 1.165) is 13.0 Å². The Labute approximate surface area is 122 Å². The molecule has 2 aromatic carbocycles. The largest absolute Gasteiger partial charge is 0.329 e. The number of rotatable bonds is 6. The molecule has 1 atom stereocenters. The molecule has 0 spiro atoms. The maximum atomic E-state index is 5.96. The van der Waals surface area contributed by atoms with Crippen LogP contribution in [0.25, 0.3) is 0 Å². The molecule has 2 N–H and O–H groups in total. The molecule has 2 heteroatoms. The average molecular weight is 268 g/mol. The lowest BCUT2D eigenvalue weighted by Crippen LogP contribution is -2.30. The van der Waals surface area contributed by atoms with Crippen LogP contribution in [0.3, 0.4) is 0 Å². The molecule has 0 aliphatic rings. The summed E-state index contributed by atoms with van der Waals surface area (Å²) in [5.74, 6) is 0. The van der Waals surface area contributed by atoms with E-state index >= 15 is 0 Å². The minimum absolute atomic E-state index is 0.266. The van der Waals surface area contributed by atoms with Crippen LogP contribution in [0, 0.1) is 0 Å². The van der Waals surface area contributed by atoms with E-state index in [1.54, 1.807) is 0 Å². The van der Waals surface area contributed by atoms with Crippen molar-refractivity contribution in [3.63, 3.8) is 0 Å². The van der Waals surface area contributed by atoms with Gasteiger partial charge in [0, 0.05) is 19.1 Å². The molecule has 0 heterocycles. The molecule has 2 rings (SSSR count). The average Bonchev–Trinajstić information content (AvgIpc) is 2.50. The van der Waals surface area contributed by atoms with Crippen molar-refractivity contribution in [1.29, 1.82) is 0 Å². The Hall–Kier alpha value is -1.64.